The average Bonchev–Trinajstić information content (AvgIpc) is 2.52. The fourth-order valence-electron chi connectivity index (χ4n) is 2.62. The molecule has 5 nitrogen and oxygen atoms in total. The lowest BCUT2D eigenvalue weighted by molar-refractivity contribution is -0.0231. The van der Waals surface area contributed by atoms with Gasteiger partial charge in [-0.1, -0.05) is 30.3 Å². The van der Waals surface area contributed by atoms with Crippen molar-refractivity contribution in [2.45, 2.75) is 38.3 Å². The van der Waals surface area contributed by atoms with Crippen LogP contribution in [0.15, 0.2) is 30.3 Å². The molecule has 1 saturated heterocycles. The Morgan fingerprint density at radius 3 is 2.73 bits per heavy atom. The Morgan fingerprint density at radius 1 is 1.32 bits per heavy atom. The van der Waals surface area contributed by atoms with Gasteiger partial charge in [0.25, 0.3) is 0 Å². The molecule has 0 amide bonds. The molecule has 0 saturated carbocycles. The van der Waals surface area contributed by atoms with Crippen molar-refractivity contribution in [2.75, 3.05) is 18.9 Å². The van der Waals surface area contributed by atoms with Gasteiger partial charge in [-0.15, -0.1) is 0 Å². The maximum Gasteiger partial charge on any atom is 0.214 e. The first-order valence-corrected chi connectivity index (χ1v) is 9.18. The van der Waals surface area contributed by atoms with Crippen molar-refractivity contribution in [3.8, 4) is 6.07 Å². The quantitative estimate of drug-likeness (QED) is 0.754. The van der Waals surface area contributed by atoms with Crippen molar-refractivity contribution in [2.24, 2.45) is 0 Å². The fourth-order valence-corrected chi connectivity index (χ4v) is 4.43. The smallest absolute Gasteiger partial charge is 0.214 e. The molecule has 2 unspecified atom stereocenters. The number of ether oxygens (including phenoxy) is 1. The molecule has 0 aromatic heterocycles. The predicted octanol–water partition coefficient (Wildman–Crippen LogP) is 2.47. The van der Waals surface area contributed by atoms with E-state index >= 15 is 0 Å². The minimum atomic E-state index is -3.35. The molecule has 0 radical (unpaired) electrons. The molecule has 120 valence electrons. The Hall–Kier alpha value is -1.42. The molecule has 0 N–H and O–H groups in total. The third-order valence-electron chi connectivity index (χ3n) is 3.81. The van der Waals surface area contributed by atoms with E-state index in [0.29, 0.717) is 32.4 Å². The number of hydrogen-bond donors (Lipinski definition) is 0. The Bertz CT molecular complexity index is 610. The summed E-state index contributed by atoms with van der Waals surface area (Å²) in [5.74, 6) is 0.0880. The number of rotatable bonds is 6. The molecule has 1 aliphatic rings. The van der Waals surface area contributed by atoms with Crippen LogP contribution in [0.3, 0.4) is 0 Å². The van der Waals surface area contributed by atoms with Crippen LogP contribution in [-0.4, -0.2) is 37.7 Å². The summed E-state index contributed by atoms with van der Waals surface area (Å²) in [6, 6.07) is 11.4. The molecule has 1 heterocycles. The minimum Gasteiger partial charge on any atom is -0.375 e. The molecule has 1 aromatic rings. The Morgan fingerprint density at radius 2 is 2.05 bits per heavy atom. The van der Waals surface area contributed by atoms with Crippen LogP contribution in [0, 0.1) is 11.3 Å². The number of hydrogen-bond acceptors (Lipinski definition) is 4. The van der Waals surface area contributed by atoms with Gasteiger partial charge >= 0.3 is 0 Å². The first kappa shape index (κ1) is 16.9. The summed E-state index contributed by atoms with van der Waals surface area (Å²) >= 11 is 0. The van der Waals surface area contributed by atoms with E-state index < -0.39 is 10.0 Å². The summed E-state index contributed by atoms with van der Waals surface area (Å²) < 4.78 is 32.6. The number of benzene rings is 1. The summed E-state index contributed by atoms with van der Waals surface area (Å²) in [4.78, 5) is 0. The number of sulfonamides is 1. The molecule has 2 atom stereocenters. The van der Waals surface area contributed by atoms with E-state index in [1.165, 1.54) is 0 Å². The van der Waals surface area contributed by atoms with Gasteiger partial charge in [-0.3, -0.25) is 0 Å². The zero-order valence-electron chi connectivity index (χ0n) is 12.8. The van der Waals surface area contributed by atoms with Gasteiger partial charge in [-0.05, 0) is 25.3 Å². The molecular formula is C16H22N2O3S. The van der Waals surface area contributed by atoms with E-state index in [2.05, 4.69) is 0 Å². The van der Waals surface area contributed by atoms with E-state index in [-0.39, 0.29) is 17.9 Å². The minimum absolute atomic E-state index is 0.0880. The fraction of sp³-hybridized carbons (Fsp3) is 0.562. The van der Waals surface area contributed by atoms with Crippen LogP contribution in [0.4, 0.5) is 0 Å². The van der Waals surface area contributed by atoms with Crippen LogP contribution >= 0.6 is 0 Å². The molecule has 0 bridgehead atoms. The second-order valence-corrected chi connectivity index (χ2v) is 7.61. The molecule has 0 aliphatic carbocycles. The predicted molar refractivity (Wildman–Crippen MR) is 84.6 cm³/mol. The van der Waals surface area contributed by atoms with Crippen molar-refractivity contribution in [3.05, 3.63) is 35.9 Å². The zero-order chi connectivity index (χ0) is 16.0. The molecular weight excluding hydrogens is 300 g/mol. The summed E-state index contributed by atoms with van der Waals surface area (Å²) in [5, 5.41) is 8.54. The molecule has 1 aliphatic heterocycles. The van der Waals surface area contributed by atoms with Crippen molar-refractivity contribution < 1.29 is 13.2 Å². The highest BCUT2D eigenvalue weighted by molar-refractivity contribution is 7.89. The third kappa shape index (κ3) is 4.29. The van der Waals surface area contributed by atoms with Crippen LogP contribution in [0.25, 0.3) is 0 Å². The lowest BCUT2D eigenvalue weighted by Gasteiger charge is -2.38. The van der Waals surface area contributed by atoms with Crippen molar-refractivity contribution in [1.82, 2.24) is 4.31 Å². The maximum atomic E-state index is 12.7. The largest absolute Gasteiger partial charge is 0.375 e. The number of unbranched alkanes of at least 4 members (excludes halogenated alkanes) is 2. The van der Waals surface area contributed by atoms with Gasteiger partial charge in [-0.25, -0.2) is 8.42 Å². The first-order valence-electron chi connectivity index (χ1n) is 7.57. The van der Waals surface area contributed by atoms with E-state index in [4.69, 9.17) is 10.00 Å². The van der Waals surface area contributed by atoms with Gasteiger partial charge in [0.15, 0.2) is 0 Å². The lowest BCUT2D eigenvalue weighted by Crippen LogP contribution is -2.47. The topological polar surface area (TPSA) is 70.4 Å². The maximum absolute atomic E-state index is 12.7. The molecule has 2 rings (SSSR count). The van der Waals surface area contributed by atoms with Gasteiger partial charge in [0.2, 0.25) is 10.0 Å². The highest BCUT2D eigenvalue weighted by Gasteiger charge is 2.35. The Kier molecular flexibility index (Phi) is 5.95. The summed E-state index contributed by atoms with van der Waals surface area (Å²) in [5.41, 5.74) is 0.954. The molecule has 22 heavy (non-hydrogen) atoms. The molecule has 1 fully saturated rings. The first-order chi connectivity index (χ1) is 10.5. The van der Waals surface area contributed by atoms with Gasteiger partial charge in [0.05, 0.1) is 30.6 Å². The summed E-state index contributed by atoms with van der Waals surface area (Å²) in [6.45, 7) is 2.64. The second kappa shape index (κ2) is 7.73. The van der Waals surface area contributed by atoms with E-state index in [1.807, 2.05) is 43.3 Å². The van der Waals surface area contributed by atoms with Crippen LogP contribution in [0.1, 0.15) is 37.8 Å². The normalized spacial score (nSPS) is 23.1. The van der Waals surface area contributed by atoms with Gasteiger partial charge < -0.3 is 4.74 Å². The monoisotopic (exact) mass is 322 g/mol. The number of nitrogens with zero attached hydrogens (tertiary/aromatic N) is 2. The standard InChI is InChI=1S/C16H22N2O3S/c1-14-12-18(22(19,20)11-7-3-6-10-17)16(13-21-14)15-8-4-2-5-9-15/h2,4-5,8-9,14,16H,3,6-7,11-13H2,1H3. The van der Waals surface area contributed by atoms with E-state index in [9.17, 15) is 8.42 Å². The van der Waals surface area contributed by atoms with Crippen LogP contribution < -0.4 is 0 Å². The number of morpholine rings is 1. The Labute approximate surface area is 132 Å². The second-order valence-electron chi connectivity index (χ2n) is 5.57. The van der Waals surface area contributed by atoms with Gasteiger partial charge in [0, 0.05) is 13.0 Å². The average molecular weight is 322 g/mol. The summed E-state index contributed by atoms with van der Waals surface area (Å²) in [6.07, 6.45) is 1.43. The third-order valence-corrected chi connectivity index (χ3v) is 5.73. The van der Waals surface area contributed by atoms with E-state index in [0.717, 1.165) is 5.56 Å². The highest BCUT2D eigenvalue weighted by Crippen LogP contribution is 2.29. The summed E-state index contributed by atoms with van der Waals surface area (Å²) in [7, 11) is -3.35. The number of nitriles is 1. The van der Waals surface area contributed by atoms with Crippen LogP contribution in [-0.2, 0) is 14.8 Å². The molecule has 6 heteroatoms. The highest BCUT2D eigenvalue weighted by atomic mass is 32.2. The Balaban J connectivity index is 2.14. The van der Waals surface area contributed by atoms with E-state index in [1.54, 1.807) is 4.31 Å². The zero-order valence-corrected chi connectivity index (χ0v) is 13.6. The van der Waals surface area contributed by atoms with Crippen molar-refractivity contribution in [3.63, 3.8) is 0 Å². The van der Waals surface area contributed by atoms with Gasteiger partial charge in [-0.2, -0.15) is 9.57 Å². The van der Waals surface area contributed by atoms with Crippen LogP contribution in [0.2, 0.25) is 0 Å². The van der Waals surface area contributed by atoms with Crippen molar-refractivity contribution in [1.29, 1.82) is 5.26 Å². The molecule has 1 aromatic carbocycles. The SMILES string of the molecule is CC1CN(S(=O)(=O)CCCCC#N)C(c2ccccc2)CO1. The van der Waals surface area contributed by atoms with Crippen LogP contribution in [0.5, 0.6) is 0 Å². The van der Waals surface area contributed by atoms with Gasteiger partial charge in [0.1, 0.15) is 0 Å². The lowest BCUT2D eigenvalue weighted by atomic mass is 10.1. The molecule has 0 spiro atoms. The van der Waals surface area contributed by atoms with Crippen molar-refractivity contribution >= 4 is 10.0 Å².